The number of amides is 1. The van der Waals surface area contributed by atoms with Gasteiger partial charge in [0, 0.05) is 5.56 Å². The minimum Gasteiger partial charge on any atom is -0.494 e. The third kappa shape index (κ3) is 7.54. The normalized spacial score (nSPS) is 11.5. The van der Waals surface area contributed by atoms with Crippen molar-refractivity contribution < 1.29 is 14.3 Å². The van der Waals surface area contributed by atoms with Crippen LogP contribution in [0.25, 0.3) is 0 Å². The fourth-order valence-electron chi connectivity index (χ4n) is 4.44. The first-order chi connectivity index (χ1) is 19.3. The fourth-order valence-corrected chi connectivity index (χ4v) is 5.92. The van der Waals surface area contributed by atoms with Gasteiger partial charge in [-0.25, -0.2) is 4.79 Å². The molecule has 0 aliphatic carbocycles. The first-order valence-corrected chi connectivity index (χ1v) is 14.4. The summed E-state index contributed by atoms with van der Waals surface area (Å²) in [6, 6.07) is 39.2. The molecule has 2 N–H and O–H groups in total. The molecule has 0 heterocycles. The molecule has 5 nitrogen and oxygen atoms in total. The Morgan fingerprint density at radius 1 is 0.750 bits per heavy atom. The standard InChI is InChI=1S/C34H36N2O3S/c1-33(2,3)39-32(37)36-31(35)26-20-22-30(23-21-26)38-24-13-25-40-34(27-14-7-4-8-15-27,28-16-9-5-10-17-28)29-18-11-6-12-19-29/h4-12,14-23H,13,24-25H2,1-3H3,(H2,35,36,37). The van der Waals surface area contributed by atoms with E-state index in [1.54, 1.807) is 32.9 Å². The Balaban J connectivity index is 1.40. The van der Waals surface area contributed by atoms with E-state index >= 15 is 0 Å². The molecule has 40 heavy (non-hydrogen) atoms. The summed E-state index contributed by atoms with van der Waals surface area (Å²) in [7, 11) is 0. The number of nitrogens with one attached hydrogen (secondary N) is 2. The summed E-state index contributed by atoms with van der Waals surface area (Å²) in [5.74, 6) is 1.59. The molecule has 0 atom stereocenters. The van der Waals surface area contributed by atoms with Crippen molar-refractivity contribution in [2.75, 3.05) is 12.4 Å². The highest BCUT2D eigenvalue weighted by Gasteiger charge is 2.36. The monoisotopic (exact) mass is 552 g/mol. The van der Waals surface area contributed by atoms with Crippen LogP contribution in [-0.2, 0) is 9.48 Å². The second kappa shape index (κ2) is 13.4. The summed E-state index contributed by atoms with van der Waals surface area (Å²) >= 11 is 1.92. The van der Waals surface area contributed by atoms with Crippen LogP contribution in [-0.4, -0.2) is 29.9 Å². The van der Waals surface area contributed by atoms with Gasteiger partial charge < -0.3 is 9.47 Å². The average Bonchev–Trinajstić information content (AvgIpc) is 2.96. The van der Waals surface area contributed by atoms with Crippen LogP contribution in [0.2, 0.25) is 0 Å². The van der Waals surface area contributed by atoms with E-state index in [2.05, 4.69) is 96.3 Å². The highest BCUT2D eigenvalue weighted by atomic mass is 32.2. The smallest absolute Gasteiger partial charge is 0.413 e. The number of amidine groups is 1. The van der Waals surface area contributed by atoms with Gasteiger partial charge in [-0.2, -0.15) is 0 Å². The van der Waals surface area contributed by atoms with Gasteiger partial charge in [0.2, 0.25) is 0 Å². The number of thioether (sulfide) groups is 1. The number of rotatable bonds is 10. The van der Waals surface area contributed by atoms with Crippen molar-refractivity contribution in [1.82, 2.24) is 5.32 Å². The van der Waals surface area contributed by atoms with Crippen molar-refractivity contribution in [3.05, 3.63) is 138 Å². The van der Waals surface area contributed by atoms with Crippen molar-refractivity contribution in [2.45, 2.75) is 37.5 Å². The van der Waals surface area contributed by atoms with Gasteiger partial charge in [0.05, 0.1) is 11.4 Å². The Morgan fingerprint density at radius 3 is 1.68 bits per heavy atom. The van der Waals surface area contributed by atoms with Crippen LogP contribution in [0, 0.1) is 5.41 Å². The van der Waals surface area contributed by atoms with E-state index in [4.69, 9.17) is 14.9 Å². The Bertz CT molecular complexity index is 1270. The molecule has 0 aromatic heterocycles. The van der Waals surface area contributed by atoms with Gasteiger partial charge in [-0.05, 0) is 73.9 Å². The molecule has 1 amide bonds. The van der Waals surface area contributed by atoms with E-state index in [-0.39, 0.29) is 10.6 Å². The third-order valence-electron chi connectivity index (χ3n) is 6.19. The zero-order valence-electron chi connectivity index (χ0n) is 23.2. The number of hydrogen-bond acceptors (Lipinski definition) is 5. The molecule has 206 valence electrons. The molecular weight excluding hydrogens is 516 g/mol. The lowest BCUT2D eigenvalue weighted by Gasteiger charge is -2.35. The Labute approximate surface area is 241 Å². The number of alkyl carbamates (subject to hydrolysis) is 1. The number of ether oxygens (including phenoxy) is 2. The van der Waals surface area contributed by atoms with E-state index in [1.807, 2.05) is 23.9 Å². The third-order valence-corrected chi connectivity index (χ3v) is 7.82. The average molecular weight is 553 g/mol. The van der Waals surface area contributed by atoms with Crippen LogP contribution in [0.5, 0.6) is 5.75 Å². The van der Waals surface area contributed by atoms with Crippen LogP contribution in [0.15, 0.2) is 115 Å². The summed E-state index contributed by atoms with van der Waals surface area (Å²) in [6.45, 7) is 5.91. The van der Waals surface area contributed by atoms with Gasteiger partial charge in [-0.3, -0.25) is 10.7 Å². The highest BCUT2D eigenvalue weighted by Crippen LogP contribution is 2.48. The van der Waals surface area contributed by atoms with Gasteiger partial charge in [0.15, 0.2) is 0 Å². The lowest BCUT2D eigenvalue weighted by molar-refractivity contribution is 0.0563. The molecule has 4 aromatic carbocycles. The molecule has 6 heteroatoms. The molecule has 0 spiro atoms. The number of carbonyl (C=O) groups is 1. The Morgan fingerprint density at radius 2 is 1.23 bits per heavy atom. The van der Waals surface area contributed by atoms with Gasteiger partial charge in [-0.15, -0.1) is 11.8 Å². The van der Waals surface area contributed by atoms with E-state index in [0.717, 1.165) is 17.9 Å². The molecule has 4 aromatic rings. The molecule has 0 bridgehead atoms. The van der Waals surface area contributed by atoms with Gasteiger partial charge >= 0.3 is 6.09 Å². The topological polar surface area (TPSA) is 71.4 Å². The quantitative estimate of drug-likeness (QED) is 0.0904. The number of hydrogen-bond donors (Lipinski definition) is 2. The first kappa shape index (κ1) is 29.0. The van der Waals surface area contributed by atoms with Crippen molar-refractivity contribution in [3.63, 3.8) is 0 Å². The van der Waals surface area contributed by atoms with Crippen LogP contribution in [0.4, 0.5) is 4.79 Å². The maximum absolute atomic E-state index is 12.0. The number of carbonyl (C=O) groups excluding carboxylic acids is 1. The van der Waals surface area contributed by atoms with Crippen molar-refractivity contribution >= 4 is 23.7 Å². The van der Waals surface area contributed by atoms with Crippen LogP contribution < -0.4 is 10.1 Å². The van der Waals surface area contributed by atoms with Crippen LogP contribution >= 0.6 is 11.8 Å². The van der Waals surface area contributed by atoms with E-state index in [1.165, 1.54) is 16.7 Å². The lowest BCUT2D eigenvalue weighted by atomic mass is 9.84. The van der Waals surface area contributed by atoms with E-state index in [0.29, 0.717) is 12.2 Å². The van der Waals surface area contributed by atoms with Gasteiger partial charge in [0.1, 0.15) is 17.2 Å². The van der Waals surface area contributed by atoms with Gasteiger partial charge in [-0.1, -0.05) is 91.0 Å². The molecule has 0 radical (unpaired) electrons. The van der Waals surface area contributed by atoms with Crippen molar-refractivity contribution in [1.29, 1.82) is 5.41 Å². The predicted octanol–water partition coefficient (Wildman–Crippen LogP) is 8.03. The maximum atomic E-state index is 12.0. The first-order valence-electron chi connectivity index (χ1n) is 13.4. The van der Waals surface area contributed by atoms with E-state index < -0.39 is 11.7 Å². The number of benzene rings is 4. The van der Waals surface area contributed by atoms with Crippen LogP contribution in [0.1, 0.15) is 49.4 Å². The van der Waals surface area contributed by atoms with Crippen molar-refractivity contribution in [3.8, 4) is 5.75 Å². The summed E-state index contributed by atoms with van der Waals surface area (Å²) in [6.07, 6.45) is 0.212. The van der Waals surface area contributed by atoms with Crippen LogP contribution in [0.3, 0.4) is 0 Å². The SMILES string of the molecule is CC(C)(C)OC(=O)NC(=N)c1ccc(OCCCSC(c2ccccc2)(c2ccccc2)c2ccccc2)cc1. The molecule has 4 rings (SSSR count). The summed E-state index contributed by atoms with van der Waals surface area (Å²) < 4.78 is 10.9. The zero-order chi connectivity index (χ0) is 28.4. The molecule has 0 fully saturated rings. The Hall–Kier alpha value is -4.03. The minimum absolute atomic E-state index is 0.0173. The maximum Gasteiger partial charge on any atom is 0.413 e. The van der Waals surface area contributed by atoms with Gasteiger partial charge in [0.25, 0.3) is 0 Å². The summed E-state index contributed by atoms with van der Waals surface area (Å²) in [5, 5.41) is 10.6. The molecule has 0 saturated heterocycles. The molecule has 0 unspecified atom stereocenters. The lowest BCUT2D eigenvalue weighted by Crippen LogP contribution is -2.36. The fraction of sp³-hybridized carbons (Fsp3) is 0.235. The molecule has 0 aliphatic heterocycles. The largest absolute Gasteiger partial charge is 0.494 e. The summed E-state index contributed by atoms with van der Waals surface area (Å²) in [5.41, 5.74) is 3.69. The van der Waals surface area contributed by atoms with Crippen molar-refractivity contribution in [2.24, 2.45) is 0 Å². The second-order valence-corrected chi connectivity index (χ2v) is 11.7. The molecule has 0 aliphatic rings. The highest BCUT2D eigenvalue weighted by molar-refractivity contribution is 8.00. The summed E-state index contributed by atoms with van der Waals surface area (Å²) in [4.78, 5) is 12.0. The van der Waals surface area contributed by atoms with E-state index in [9.17, 15) is 4.79 Å². The predicted molar refractivity (Wildman–Crippen MR) is 164 cm³/mol. The molecule has 0 saturated carbocycles. The Kier molecular flexibility index (Phi) is 9.67. The zero-order valence-corrected chi connectivity index (χ0v) is 24.0. The second-order valence-electron chi connectivity index (χ2n) is 10.4. The molecular formula is C34H36N2O3S. The minimum atomic E-state index is -0.645.